The summed E-state index contributed by atoms with van der Waals surface area (Å²) in [5.74, 6) is 1.06. The number of carbonyl (C=O) groups excluding carboxylic acids is 1. The third-order valence-electron chi connectivity index (χ3n) is 3.66. The van der Waals surface area contributed by atoms with Gasteiger partial charge in [-0.05, 0) is 25.0 Å². The second-order valence-electron chi connectivity index (χ2n) is 5.33. The molecule has 7 nitrogen and oxygen atoms in total. The zero-order chi connectivity index (χ0) is 16.1. The Hall–Kier alpha value is -1.93. The van der Waals surface area contributed by atoms with Crippen molar-refractivity contribution in [1.82, 2.24) is 25.1 Å². The van der Waals surface area contributed by atoms with Gasteiger partial charge in [-0.15, -0.1) is 10.2 Å². The lowest BCUT2D eigenvalue weighted by Crippen LogP contribution is -2.32. The van der Waals surface area contributed by atoms with E-state index in [-0.39, 0.29) is 12.0 Å². The Morgan fingerprint density at radius 2 is 2.26 bits per heavy atom. The number of thioether (sulfide) groups is 1. The van der Waals surface area contributed by atoms with Crippen molar-refractivity contribution in [2.75, 3.05) is 18.9 Å². The van der Waals surface area contributed by atoms with Crippen molar-refractivity contribution < 1.29 is 9.53 Å². The molecule has 1 N–H and O–H groups in total. The van der Waals surface area contributed by atoms with Gasteiger partial charge in [0.05, 0.1) is 11.9 Å². The van der Waals surface area contributed by atoms with E-state index in [0.717, 1.165) is 30.8 Å². The van der Waals surface area contributed by atoms with Crippen LogP contribution in [0, 0.1) is 0 Å². The number of nitrogens with zero attached hydrogens (tertiary/aromatic N) is 4. The highest BCUT2D eigenvalue weighted by atomic mass is 32.2. The van der Waals surface area contributed by atoms with Crippen LogP contribution in [0.15, 0.2) is 29.7 Å². The van der Waals surface area contributed by atoms with Crippen LogP contribution in [0.3, 0.4) is 0 Å². The standard InChI is InChI=1S/C15H19N5O2S/c1-20-14(11-4-6-16-7-5-11)18-19-15(20)23-10-13(21)17-9-12-3-2-8-22-12/h4-7,12H,2-3,8-10H2,1H3,(H,17,21)/t12-/m1/s1. The number of nitrogens with one attached hydrogen (secondary N) is 1. The SMILES string of the molecule is Cn1c(SCC(=O)NC[C@H]2CCCO2)nnc1-c1ccncc1. The fourth-order valence-electron chi connectivity index (χ4n) is 2.41. The largest absolute Gasteiger partial charge is 0.376 e. The molecule has 1 aliphatic heterocycles. The highest BCUT2D eigenvalue weighted by Gasteiger charge is 2.17. The van der Waals surface area contributed by atoms with E-state index in [0.29, 0.717) is 17.5 Å². The zero-order valence-electron chi connectivity index (χ0n) is 12.9. The molecule has 0 unspecified atom stereocenters. The van der Waals surface area contributed by atoms with Gasteiger partial charge in [-0.1, -0.05) is 11.8 Å². The van der Waals surface area contributed by atoms with Gasteiger partial charge in [0.25, 0.3) is 0 Å². The molecular weight excluding hydrogens is 314 g/mol. The van der Waals surface area contributed by atoms with E-state index in [1.54, 1.807) is 12.4 Å². The summed E-state index contributed by atoms with van der Waals surface area (Å²) < 4.78 is 7.37. The third kappa shape index (κ3) is 4.08. The minimum atomic E-state index is -0.0149. The van der Waals surface area contributed by atoms with Gasteiger partial charge in [-0.25, -0.2) is 0 Å². The summed E-state index contributed by atoms with van der Waals surface area (Å²) in [6.45, 7) is 1.38. The number of pyridine rings is 1. The van der Waals surface area contributed by atoms with Crippen molar-refractivity contribution in [1.29, 1.82) is 0 Å². The first-order valence-corrected chi connectivity index (χ1v) is 8.53. The summed E-state index contributed by atoms with van der Waals surface area (Å²) in [7, 11) is 1.89. The highest BCUT2D eigenvalue weighted by Crippen LogP contribution is 2.21. The Labute approximate surface area is 138 Å². The molecule has 3 heterocycles. The van der Waals surface area contributed by atoms with Gasteiger partial charge < -0.3 is 14.6 Å². The van der Waals surface area contributed by atoms with Crippen LogP contribution in [0.4, 0.5) is 0 Å². The Kier molecular flexibility index (Phi) is 5.24. The molecule has 0 radical (unpaired) electrons. The predicted octanol–water partition coefficient (Wildman–Crippen LogP) is 1.26. The molecule has 1 aliphatic rings. The molecule has 0 saturated carbocycles. The molecule has 0 bridgehead atoms. The minimum Gasteiger partial charge on any atom is -0.376 e. The molecule has 1 fully saturated rings. The number of ether oxygens (including phenoxy) is 1. The molecule has 1 amide bonds. The van der Waals surface area contributed by atoms with Crippen LogP contribution in [-0.4, -0.2) is 50.7 Å². The number of amides is 1. The van der Waals surface area contributed by atoms with Gasteiger partial charge in [0.1, 0.15) is 0 Å². The summed E-state index contributed by atoms with van der Waals surface area (Å²) >= 11 is 1.37. The molecule has 2 aromatic heterocycles. The number of rotatable bonds is 6. The van der Waals surface area contributed by atoms with E-state index in [9.17, 15) is 4.79 Å². The van der Waals surface area contributed by atoms with Gasteiger partial charge in [0.15, 0.2) is 11.0 Å². The van der Waals surface area contributed by atoms with Crippen molar-refractivity contribution >= 4 is 17.7 Å². The second kappa shape index (κ2) is 7.56. The molecule has 1 saturated heterocycles. The van der Waals surface area contributed by atoms with E-state index in [2.05, 4.69) is 20.5 Å². The first-order valence-electron chi connectivity index (χ1n) is 7.55. The first kappa shape index (κ1) is 15.9. The molecule has 0 aromatic carbocycles. The Morgan fingerprint density at radius 3 is 3.00 bits per heavy atom. The summed E-state index contributed by atoms with van der Waals surface area (Å²) in [6.07, 6.45) is 5.69. The van der Waals surface area contributed by atoms with Gasteiger partial charge in [0.2, 0.25) is 5.91 Å². The number of aromatic nitrogens is 4. The Bertz CT molecular complexity index is 655. The normalized spacial score (nSPS) is 17.3. The van der Waals surface area contributed by atoms with Crippen LogP contribution >= 0.6 is 11.8 Å². The van der Waals surface area contributed by atoms with E-state index < -0.39 is 0 Å². The third-order valence-corrected chi connectivity index (χ3v) is 4.68. The molecule has 122 valence electrons. The maximum absolute atomic E-state index is 11.9. The molecule has 1 atom stereocenters. The highest BCUT2D eigenvalue weighted by molar-refractivity contribution is 7.99. The zero-order valence-corrected chi connectivity index (χ0v) is 13.8. The van der Waals surface area contributed by atoms with Crippen molar-refractivity contribution in [2.24, 2.45) is 7.05 Å². The number of carbonyl (C=O) groups is 1. The first-order chi connectivity index (χ1) is 11.2. The summed E-state index contributed by atoms with van der Waals surface area (Å²) in [4.78, 5) is 15.9. The van der Waals surface area contributed by atoms with Crippen molar-refractivity contribution in [3.05, 3.63) is 24.5 Å². The van der Waals surface area contributed by atoms with Gasteiger partial charge in [-0.3, -0.25) is 9.78 Å². The Balaban J connectivity index is 1.52. The maximum Gasteiger partial charge on any atom is 0.230 e. The van der Waals surface area contributed by atoms with Crippen LogP contribution in [0.5, 0.6) is 0 Å². The fraction of sp³-hybridized carbons (Fsp3) is 0.467. The van der Waals surface area contributed by atoms with Gasteiger partial charge >= 0.3 is 0 Å². The quantitative estimate of drug-likeness (QED) is 0.802. The Morgan fingerprint density at radius 1 is 1.43 bits per heavy atom. The van der Waals surface area contributed by atoms with Crippen LogP contribution in [0.25, 0.3) is 11.4 Å². The molecule has 23 heavy (non-hydrogen) atoms. The van der Waals surface area contributed by atoms with Crippen LogP contribution in [0.2, 0.25) is 0 Å². The average Bonchev–Trinajstić information content (AvgIpc) is 3.22. The van der Waals surface area contributed by atoms with Crippen molar-refractivity contribution in [2.45, 2.75) is 24.1 Å². The monoisotopic (exact) mass is 333 g/mol. The van der Waals surface area contributed by atoms with Crippen molar-refractivity contribution in [3.8, 4) is 11.4 Å². The van der Waals surface area contributed by atoms with Crippen molar-refractivity contribution in [3.63, 3.8) is 0 Å². The number of hydrogen-bond donors (Lipinski definition) is 1. The second-order valence-corrected chi connectivity index (χ2v) is 6.27. The minimum absolute atomic E-state index is 0.0149. The van der Waals surface area contributed by atoms with E-state index in [4.69, 9.17) is 4.74 Å². The maximum atomic E-state index is 11.9. The van der Waals surface area contributed by atoms with Crippen LogP contribution in [-0.2, 0) is 16.6 Å². The van der Waals surface area contributed by atoms with Crippen LogP contribution in [0.1, 0.15) is 12.8 Å². The molecule has 0 aliphatic carbocycles. The van der Waals surface area contributed by atoms with E-state index in [1.165, 1.54) is 11.8 Å². The number of hydrogen-bond acceptors (Lipinski definition) is 6. The predicted molar refractivity (Wildman–Crippen MR) is 86.9 cm³/mol. The van der Waals surface area contributed by atoms with Gasteiger partial charge in [-0.2, -0.15) is 0 Å². The molecular formula is C15H19N5O2S. The lowest BCUT2D eigenvalue weighted by atomic mass is 10.2. The summed E-state index contributed by atoms with van der Waals surface area (Å²) in [5.41, 5.74) is 0.949. The lowest BCUT2D eigenvalue weighted by molar-refractivity contribution is -0.119. The fourth-order valence-corrected chi connectivity index (χ4v) is 3.15. The molecule has 3 rings (SSSR count). The van der Waals surface area contributed by atoms with E-state index >= 15 is 0 Å². The molecule has 2 aromatic rings. The molecule has 0 spiro atoms. The average molecular weight is 333 g/mol. The van der Waals surface area contributed by atoms with Crippen LogP contribution < -0.4 is 5.32 Å². The van der Waals surface area contributed by atoms with E-state index in [1.807, 2.05) is 23.7 Å². The van der Waals surface area contributed by atoms with Gasteiger partial charge in [0, 0.05) is 38.2 Å². The summed E-state index contributed by atoms with van der Waals surface area (Å²) in [6, 6.07) is 3.76. The summed E-state index contributed by atoms with van der Waals surface area (Å²) in [5, 5.41) is 12.0. The lowest BCUT2D eigenvalue weighted by Gasteiger charge is -2.10. The smallest absolute Gasteiger partial charge is 0.230 e. The molecule has 8 heteroatoms. The topological polar surface area (TPSA) is 81.9 Å².